The largest absolute Gasteiger partial charge is 0.334 e. The lowest BCUT2D eigenvalue weighted by atomic mass is 9.94. The van der Waals surface area contributed by atoms with Crippen LogP contribution in [0.15, 0.2) is 58.7 Å². The van der Waals surface area contributed by atoms with E-state index in [1.54, 1.807) is 30.5 Å². The number of hydrogen-bond acceptors (Lipinski definition) is 6. The third-order valence-electron chi connectivity index (χ3n) is 6.75. The van der Waals surface area contributed by atoms with Crippen molar-refractivity contribution in [2.75, 3.05) is 18.9 Å². The van der Waals surface area contributed by atoms with Gasteiger partial charge in [0, 0.05) is 36.5 Å². The van der Waals surface area contributed by atoms with Crippen LogP contribution >= 0.6 is 11.3 Å². The van der Waals surface area contributed by atoms with E-state index in [-0.39, 0.29) is 11.4 Å². The molecule has 0 amide bonds. The number of anilines is 2. The monoisotopic (exact) mass is 500 g/mol. The highest BCUT2D eigenvalue weighted by molar-refractivity contribution is 7.17. The number of thiophene rings is 1. The molecule has 0 fully saturated rings. The summed E-state index contributed by atoms with van der Waals surface area (Å²) in [5.74, 6) is 0.204. The maximum absolute atomic E-state index is 15.3. The highest BCUT2D eigenvalue weighted by atomic mass is 32.1. The van der Waals surface area contributed by atoms with E-state index in [1.165, 1.54) is 20.8 Å². The summed E-state index contributed by atoms with van der Waals surface area (Å²) >= 11 is 1.68. The fourth-order valence-electron chi connectivity index (χ4n) is 4.84. The molecular weight excluding hydrogens is 475 g/mol. The second-order valence-corrected chi connectivity index (χ2v) is 10.2. The molecule has 7 nitrogen and oxygen atoms in total. The fourth-order valence-corrected chi connectivity index (χ4v) is 5.67. The molecule has 0 unspecified atom stereocenters. The van der Waals surface area contributed by atoms with Crippen molar-refractivity contribution in [3.8, 4) is 22.4 Å². The van der Waals surface area contributed by atoms with Crippen LogP contribution in [0.4, 0.5) is 15.9 Å². The number of benzene rings is 2. The van der Waals surface area contributed by atoms with Crippen molar-refractivity contribution in [2.24, 2.45) is 7.05 Å². The normalized spacial score (nSPS) is 13.8. The summed E-state index contributed by atoms with van der Waals surface area (Å²) in [5.41, 5.74) is 4.55. The molecule has 4 heterocycles. The SMILES string of the molecule is Cc1c(-c2ccc3ccsc3c2)ccc(F)c1-c1cc(Nc2cc3n(n2)CCN(C)C3)c(=O)n(C)n1. The van der Waals surface area contributed by atoms with Crippen molar-refractivity contribution >= 4 is 32.9 Å². The third kappa shape index (κ3) is 3.90. The number of nitrogens with one attached hydrogen (secondary N) is 1. The fraction of sp³-hybridized carbons (Fsp3) is 0.222. The van der Waals surface area contributed by atoms with Crippen molar-refractivity contribution < 1.29 is 4.39 Å². The van der Waals surface area contributed by atoms with E-state index >= 15 is 4.39 Å². The lowest BCUT2D eigenvalue weighted by Crippen LogP contribution is -2.30. The van der Waals surface area contributed by atoms with Gasteiger partial charge in [-0.1, -0.05) is 18.2 Å². The summed E-state index contributed by atoms with van der Waals surface area (Å²) in [5, 5.41) is 15.4. The molecule has 1 N–H and O–H groups in total. The first-order valence-corrected chi connectivity index (χ1v) is 12.6. The Morgan fingerprint density at radius 2 is 1.89 bits per heavy atom. The van der Waals surface area contributed by atoms with E-state index in [4.69, 9.17) is 0 Å². The van der Waals surface area contributed by atoms with Crippen LogP contribution < -0.4 is 10.9 Å². The number of likely N-dealkylation sites (N-methyl/N-ethyl adjacent to an activating group) is 1. The average Bonchev–Trinajstić information content (AvgIpc) is 3.47. The van der Waals surface area contributed by atoms with Gasteiger partial charge in [0.1, 0.15) is 11.5 Å². The van der Waals surface area contributed by atoms with E-state index in [1.807, 2.05) is 17.7 Å². The molecule has 0 radical (unpaired) electrons. The van der Waals surface area contributed by atoms with Crippen molar-refractivity contribution in [1.29, 1.82) is 0 Å². The highest BCUT2D eigenvalue weighted by Crippen LogP contribution is 2.35. The topological polar surface area (TPSA) is 68.0 Å². The first-order valence-electron chi connectivity index (χ1n) is 11.7. The molecule has 1 aliphatic rings. The minimum atomic E-state index is -0.383. The number of halogens is 1. The van der Waals surface area contributed by atoms with Gasteiger partial charge in [-0.15, -0.1) is 11.3 Å². The summed E-state index contributed by atoms with van der Waals surface area (Å²) in [6.07, 6.45) is 0. The van der Waals surface area contributed by atoms with Crippen LogP contribution in [0.25, 0.3) is 32.5 Å². The molecule has 1 aliphatic heterocycles. The number of nitrogens with zero attached hydrogens (tertiary/aromatic N) is 5. The molecular formula is C27H25FN6OS. The number of rotatable bonds is 4. The second kappa shape index (κ2) is 8.69. The molecule has 0 saturated carbocycles. The lowest BCUT2D eigenvalue weighted by molar-refractivity contribution is 0.259. The average molecular weight is 501 g/mol. The van der Waals surface area contributed by atoms with E-state index in [0.29, 0.717) is 22.8 Å². The van der Waals surface area contributed by atoms with E-state index in [0.717, 1.165) is 42.0 Å². The van der Waals surface area contributed by atoms with Gasteiger partial charge in [0.2, 0.25) is 0 Å². The molecule has 2 aromatic carbocycles. The Hall–Kier alpha value is -3.82. The molecule has 0 spiro atoms. The summed E-state index contributed by atoms with van der Waals surface area (Å²) in [6.45, 7) is 4.40. The molecule has 0 bridgehead atoms. The van der Waals surface area contributed by atoms with Crippen LogP contribution in [0, 0.1) is 12.7 Å². The molecule has 6 rings (SSSR count). The Morgan fingerprint density at radius 1 is 1.03 bits per heavy atom. The van der Waals surface area contributed by atoms with Gasteiger partial charge in [0.05, 0.1) is 17.9 Å². The van der Waals surface area contributed by atoms with E-state index in [2.05, 4.69) is 57.1 Å². The number of fused-ring (bicyclic) bond motifs is 2. The van der Waals surface area contributed by atoms with Crippen LogP contribution in [-0.4, -0.2) is 38.1 Å². The van der Waals surface area contributed by atoms with Crippen LogP contribution in [0.5, 0.6) is 0 Å². The van der Waals surface area contributed by atoms with Gasteiger partial charge in [0.25, 0.3) is 5.56 Å². The first-order chi connectivity index (χ1) is 17.4. The summed E-state index contributed by atoms with van der Waals surface area (Å²) in [7, 11) is 3.64. The van der Waals surface area contributed by atoms with Crippen LogP contribution in [0.1, 0.15) is 11.3 Å². The maximum Gasteiger partial charge on any atom is 0.290 e. The standard InChI is InChI=1S/C27H25FN6OS/c1-16-20(18-5-4-17-8-11-36-24(17)12-18)6-7-21(28)26(16)22-14-23(27(35)33(3)30-22)29-25-13-19-15-32(2)9-10-34(19)31-25/h4-8,11-14H,9-10,15H2,1-3H3,(H,29,31). The minimum Gasteiger partial charge on any atom is -0.334 e. The Morgan fingerprint density at radius 3 is 2.75 bits per heavy atom. The lowest BCUT2D eigenvalue weighted by Gasteiger charge is -2.22. The molecule has 3 aromatic heterocycles. The second-order valence-electron chi connectivity index (χ2n) is 9.25. The molecule has 182 valence electrons. The molecule has 0 saturated heterocycles. The molecule has 36 heavy (non-hydrogen) atoms. The number of aryl methyl sites for hydroxylation is 1. The number of hydrogen-bond donors (Lipinski definition) is 1. The third-order valence-corrected chi connectivity index (χ3v) is 7.63. The molecule has 0 aliphatic carbocycles. The zero-order valence-corrected chi connectivity index (χ0v) is 21.1. The predicted molar refractivity (Wildman–Crippen MR) is 142 cm³/mol. The van der Waals surface area contributed by atoms with E-state index in [9.17, 15) is 4.79 Å². The molecule has 9 heteroatoms. The first kappa shape index (κ1) is 22.6. The van der Waals surface area contributed by atoms with Gasteiger partial charge in [-0.05, 0) is 65.7 Å². The Kier molecular flexibility index (Phi) is 5.46. The zero-order chi connectivity index (χ0) is 25.0. The van der Waals surface area contributed by atoms with Gasteiger partial charge in [-0.2, -0.15) is 10.2 Å². The van der Waals surface area contributed by atoms with Crippen LogP contribution in [0.3, 0.4) is 0 Å². The van der Waals surface area contributed by atoms with Gasteiger partial charge in [-0.3, -0.25) is 14.4 Å². The van der Waals surface area contributed by atoms with Gasteiger partial charge in [-0.25, -0.2) is 9.07 Å². The Balaban J connectivity index is 1.42. The van der Waals surface area contributed by atoms with Gasteiger partial charge >= 0.3 is 0 Å². The van der Waals surface area contributed by atoms with E-state index < -0.39 is 0 Å². The minimum absolute atomic E-state index is 0.301. The zero-order valence-electron chi connectivity index (χ0n) is 20.2. The number of aromatic nitrogens is 4. The summed E-state index contributed by atoms with van der Waals surface area (Å²) in [4.78, 5) is 15.1. The van der Waals surface area contributed by atoms with Gasteiger partial charge in [0.15, 0.2) is 5.82 Å². The Labute approximate surface area is 211 Å². The Bertz CT molecular complexity index is 1680. The summed E-state index contributed by atoms with van der Waals surface area (Å²) < 4.78 is 19.6. The molecule has 0 atom stereocenters. The quantitative estimate of drug-likeness (QED) is 0.369. The van der Waals surface area contributed by atoms with Crippen molar-refractivity contribution in [2.45, 2.75) is 20.0 Å². The van der Waals surface area contributed by atoms with Crippen molar-refractivity contribution in [1.82, 2.24) is 24.5 Å². The van der Waals surface area contributed by atoms with Crippen LogP contribution in [-0.2, 0) is 20.1 Å². The van der Waals surface area contributed by atoms with Crippen molar-refractivity contribution in [3.05, 3.63) is 81.3 Å². The van der Waals surface area contributed by atoms with Crippen molar-refractivity contribution in [3.63, 3.8) is 0 Å². The summed E-state index contributed by atoms with van der Waals surface area (Å²) in [6, 6.07) is 15.2. The smallest absolute Gasteiger partial charge is 0.290 e. The predicted octanol–water partition coefficient (Wildman–Crippen LogP) is 5.16. The van der Waals surface area contributed by atoms with Gasteiger partial charge < -0.3 is 5.32 Å². The molecule has 5 aromatic rings. The highest BCUT2D eigenvalue weighted by Gasteiger charge is 2.20. The maximum atomic E-state index is 15.3. The van der Waals surface area contributed by atoms with Crippen LogP contribution in [0.2, 0.25) is 0 Å².